The molecule has 0 unspecified atom stereocenters. The quantitative estimate of drug-likeness (QED) is 0.718. The Morgan fingerprint density at radius 3 is 2.50 bits per heavy atom. The Bertz CT molecular complexity index is 933. The molecule has 0 bridgehead atoms. The van der Waals surface area contributed by atoms with Gasteiger partial charge >= 0.3 is 0 Å². The average molecular weight is 427 g/mol. The summed E-state index contributed by atoms with van der Waals surface area (Å²) < 4.78 is 39.9. The minimum Gasteiger partial charge on any atom is -0.384 e. The highest BCUT2D eigenvalue weighted by atomic mass is 35.5. The van der Waals surface area contributed by atoms with Crippen LogP contribution >= 0.6 is 11.8 Å². The largest absolute Gasteiger partial charge is 0.384 e. The van der Waals surface area contributed by atoms with E-state index in [0.29, 0.717) is 21.7 Å². The first kappa shape index (κ1) is 20.7. The second-order valence-corrected chi connectivity index (χ2v) is 9.02. The van der Waals surface area contributed by atoms with Gasteiger partial charge in [0.15, 0.2) is 0 Å². The van der Waals surface area contributed by atoms with Gasteiger partial charge in [0.05, 0.1) is 16.3 Å². The first-order valence-corrected chi connectivity index (χ1v) is 10.9. The molecule has 9 heteroatoms. The summed E-state index contributed by atoms with van der Waals surface area (Å²) in [6.07, 6.45) is 0. The fourth-order valence-electron chi connectivity index (χ4n) is 3.12. The van der Waals surface area contributed by atoms with Gasteiger partial charge in [-0.1, -0.05) is 6.07 Å². The number of halogens is 2. The highest BCUT2D eigenvalue weighted by Gasteiger charge is 2.27. The summed E-state index contributed by atoms with van der Waals surface area (Å²) in [5, 5.41) is 3.18. The first-order valence-electron chi connectivity index (χ1n) is 9.11. The van der Waals surface area contributed by atoms with Gasteiger partial charge in [-0.15, -0.1) is 0 Å². The lowest BCUT2D eigenvalue weighted by molar-refractivity contribution is 0.313. The maximum atomic E-state index is 13.5. The number of nitrogens with zero attached hydrogens (tertiary/aromatic N) is 3. The lowest BCUT2D eigenvalue weighted by atomic mass is 10.2. The van der Waals surface area contributed by atoms with Crippen molar-refractivity contribution >= 4 is 38.9 Å². The molecule has 0 aliphatic carbocycles. The molecule has 0 saturated carbocycles. The number of rotatable bonds is 6. The maximum absolute atomic E-state index is 13.5. The van der Waals surface area contributed by atoms with E-state index in [9.17, 15) is 12.8 Å². The molecule has 0 radical (unpaired) electrons. The van der Waals surface area contributed by atoms with Crippen LogP contribution in [-0.4, -0.2) is 53.1 Å². The molecule has 152 valence electrons. The maximum Gasteiger partial charge on any atom is 0.278 e. The smallest absolute Gasteiger partial charge is 0.278 e. The molecule has 0 amide bonds. The number of nitrogens with one attached hydrogen (secondary N) is 1. The predicted molar refractivity (Wildman–Crippen MR) is 112 cm³/mol. The van der Waals surface area contributed by atoms with Gasteiger partial charge in [-0.2, -0.15) is 12.2 Å². The van der Waals surface area contributed by atoms with E-state index in [2.05, 4.69) is 22.2 Å². The summed E-state index contributed by atoms with van der Waals surface area (Å²) >= 11 is 6.25. The van der Waals surface area contributed by atoms with Crippen LogP contribution in [0, 0.1) is 5.82 Å². The monoisotopic (exact) mass is 426 g/mol. The van der Waals surface area contributed by atoms with E-state index in [-0.39, 0.29) is 4.90 Å². The number of hydrogen-bond acceptors (Lipinski definition) is 5. The normalized spacial score (nSPS) is 15.5. The van der Waals surface area contributed by atoms with Crippen LogP contribution in [0.5, 0.6) is 0 Å². The van der Waals surface area contributed by atoms with Gasteiger partial charge in [-0.3, -0.25) is 0 Å². The van der Waals surface area contributed by atoms with Crippen LogP contribution in [0.15, 0.2) is 47.4 Å². The highest BCUT2D eigenvalue weighted by Crippen LogP contribution is 2.35. The number of hydrogen-bond donors (Lipinski definition) is 1. The summed E-state index contributed by atoms with van der Waals surface area (Å²) in [4.78, 5) is 4.32. The lowest BCUT2D eigenvalue weighted by Crippen LogP contribution is -2.44. The van der Waals surface area contributed by atoms with Gasteiger partial charge < -0.3 is 15.1 Å². The molecule has 28 heavy (non-hydrogen) atoms. The zero-order valence-corrected chi connectivity index (χ0v) is 17.5. The molecule has 2 aromatic rings. The van der Waals surface area contributed by atoms with Gasteiger partial charge in [0.2, 0.25) is 0 Å². The van der Waals surface area contributed by atoms with E-state index in [1.165, 1.54) is 18.2 Å². The Morgan fingerprint density at radius 2 is 1.86 bits per heavy atom. The first-order chi connectivity index (χ1) is 13.3. The second kappa shape index (κ2) is 8.55. The summed E-state index contributed by atoms with van der Waals surface area (Å²) in [5.74, 6) is -0.636. The van der Waals surface area contributed by atoms with Crippen molar-refractivity contribution in [2.24, 2.45) is 0 Å². The molecule has 0 spiro atoms. The van der Waals surface area contributed by atoms with Gasteiger partial charge in [0.1, 0.15) is 5.82 Å². The predicted octanol–water partition coefficient (Wildman–Crippen LogP) is 3.36. The molecule has 1 aliphatic heterocycles. The van der Waals surface area contributed by atoms with Crippen molar-refractivity contribution in [2.45, 2.75) is 11.8 Å². The van der Waals surface area contributed by atoms with Crippen molar-refractivity contribution in [1.82, 2.24) is 4.90 Å². The van der Waals surface area contributed by atoms with Crippen molar-refractivity contribution in [3.8, 4) is 0 Å². The van der Waals surface area contributed by atoms with Crippen LogP contribution in [-0.2, 0) is 10.0 Å². The zero-order chi connectivity index (χ0) is 20.3. The minimum atomic E-state index is -4.10. The summed E-state index contributed by atoms with van der Waals surface area (Å²) in [7, 11) is -2.01. The molecule has 0 aromatic heterocycles. The molecule has 1 N–H and O–H groups in total. The van der Waals surface area contributed by atoms with Crippen molar-refractivity contribution in [3.63, 3.8) is 0 Å². The van der Waals surface area contributed by atoms with Crippen molar-refractivity contribution < 1.29 is 12.8 Å². The van der Waals surface area contributed by atoms with E-state index in [1.54, 1.807) is 6.07 Å². The third-order valence-corrected chi connectivity index (χ3v) is 6.91. The molecule has 2 aromatic carbocycles. The molecule has 6 nitrogen and oxygen atoms in total. The van der Waals surface area contributed by atoms with E-state index < -0.39 is 15.8 Å². The standard InChI is InChI=1S/C19H24ClFN4O2S/c1-3-22-18-14-16(24-11-9-23(2)10-12-24)7-8-19(18)25(20)28(26,27)17-6-4-5-15(21)13-17/h4-8,13-14,22H,3,9-12H2,1-2H3. The Labute approximate surface area is 170 Å². The molecule has 1 fully saturated rings. The third-order valence-electron chi connectivity index (χ3n) is 4.71. The second-order valence-electron chi connectivity index (χ2n) is 6.70. The van der Waals surface area contributed by atoms with Crippen LogP contribution < -0.4 is 14.0 Å². The molecule has 1 saturated heterocycles. The zero-order valence-electron chi connectivity index (χ0n) is 15.9. The van der Waals surface area contributed by atoms with Crippen molar-refractivity contribution in [3.05, 3.63) is 48.3 Å². The Balaban J connectivity index is 1.94. The van der Waals surface area contributed by atoms with Gasteiger partial charge in [-0.25, -0.2) is 4.39 Å². The Kier molecular flexibility index (Phi) is 6.32. The van der Waals surface area contributed by atoms with Crippen LogP contribution in [0.1, 0.15) is 6.92 Å². The fourth-order valence-corrected chi connectivity index (χ4v) is 4.62. The Hall–Kier alpha value is -2.03. The topological polar surface area (TPSA) is 55.9 Å². The Morgan fingerprint density at radius 1 is 1.14 bits per heavy atom. The van der Waals surface area contributed by atoms with E-state index in [0.717, 1.165) is 37.9 Å². The average Bonchev–Trinajstić information content (AvgIpc) is 2.68. The molecular formula is C19H24ClFN4O2S. The van der Waals surface area contributed by atoms with Crippen LogP contribution in [0.3, 0.4) is 0 Å². The van der Waals surface area contributed by atoms with Gasteiger partial charge in [-0.05, 0) is 50.4 Å². The summed E-state index contributed by atoms with van der Waals surface area (Å²) in [5.41, 5.74) is 1.90. The van der Waals surface area contributed by atoms with E-state index in [1.807, 2.05) is 19.1 Å². The summed E-state index contributed by atoms with van der Waals surface area (Å²) in [6.45, 7) is 6.25. The van der Waals surface area contributed by atoms with E-state index in [4.69, 9.17) is 11.8 Å². The van der Waals surface area contributed by atoms with Crippen molar-refractivity contribution in [2.75, 3.05) is 53.8 Å². The van der Waals surface area contributed by atoms with Gasteiger partial charge in [0.25, 0.3) is 10.0 Å². The number of anilines is 3. The molecule has 0 atom stereocenters. The van der Waals surface area contributed by atoms with Crippen LogP contribution in [0.25, 0.3) is 0 Å². The molecule has 1 heterocycles. The van der Waals surface area contributed by atoms with Crippen LogP contribution in [0.2, 0.25) is 0 Å². The van der Waals surface area contributed by atoms with Crippen LogP contribution in [0.4, 0.5) is 21.5 Å². The highest BCUT2D eigenvalue weighted by molar-refractivity contribution is 7.94. The van der Waals surface area contributed by atoms with E-state index >= 15 is 0 Å². The summed E-state index contributed by atoms with van der Waals surface area (Å²) in [6, 6.07) is 10.2. The molecule has 3 rings (SSSR count). The molecule has 1 aliphatic rings. The minimum absolute atomic E-state index is 0.201. The fraction of sp³-hybridized carbons (Fsp3) is 0.368. The number of likely N-dealkylation sites (N-methyl/N-ethyl adjacent to an activating group) is 1. The number of piperazine rings is 1. The third kappa shape index (κ3) is 4.34. The van der Waals surface area contributed by atoms with Crippen molar-refractivity contribution in [1.29, 1.82) is 0 Å². The lowest BCUT2D eigenvalue weighted by Gasteiger charge is -2.34. The van der Waals surface area contributed by atoms with Gasteiger partial charge in [0, 0.05) is 50.2 Å². The molecular weight excluding hydrogens is 403 g/mol. The number of sulfonamides is 1. The number of benzene rings is 2. The SMILES string of the molecule is CCNc1cc(N2CCN(C)CC2)ccc1N(Cl)S(=O)(=O)c1cccc(F)c1.